The zero-order valence-electron chi connectivity index (χ0n) is 10.6. The Morgan fingerprint density at radius 3 is 2.60 bits per heavy atom. The summed E-state index contributed by atoms with van der Waals surface area (Å²) < 4.78 is 31.8. The number of halogens is 2. The van der Waals surface area contributed by atoms with Crippen molar-refractivity contribution in [2.75, 3.05) is 0 Å². The van der Waals surface area contributed by atoms with Crippen molar-refractivity contribution < 1.29 is 18.7 Å². The third-order valence-electron chi connectivity index (χ3n) is 2.70. The van der Waals surface area contributed by atoms with E-state index in [1.54, 1.807) is 19.1 Å². The molecule has 104 valence electrons. The standard InChI is InChI=1S/C14H12F2N2O2/c1-8-6-10(3-4-11(8)14(17)18-19)20-13-7-9(15)2-5-12(13)16/h2-7,19H,1H3,(H2,17,18). The maximum absolute atomic E-state index is 13.5. The monoisotopic (exact) mass is 278 g/mol. The van der Waals surface area contributed by atoms with Gasteiger partial charge in [-0.1, -0.05) is 5.16 Å². The zero-order chi connectivity index (χ0) is 14.7. The second-order valence-electron chi connectivity index (χ2n) is 4.14. The quantitative estimate of drug-likeness (QED) is 0.392. The van der Waals surface area contributed by atoms with Crippen LogP contribution in [0.15, 0.2) is 41.6 Å². The van der Waals surface area contributed by atoms with Crippen LogP contribution in [0.2, 0.25) is 0 Å². The lowest BCUT2D eigenvalue weighted by molar-refractivity contribution is 0.318. The summed E-state index contributed by atoms with van der Waals surface area (Å²) in [5.41, 5.74) is 6.69. The molecule has 0 bridgehead atoms. The van der Waals surface area contributed by atoms with Crippen LogP contribution in [-0.4, -0.2) is 11.0 Å². The van der Waals surface area contributed by atoms with Gasteiger partial charge in [0.1, 0.15) is 11.6 Å². The smallest absolute Gasteiger partial charge is 0.170 e. The highest BCUT2D eigenvalue weighted by molar-refractivity contribution is 5.98. The maximum Gasteiger partial charge on any atom is 0.170 e. The van der Waals surface area contributed by atoms with Crippen LogP contribution in [0, 0.1) is 18.6 Å². The minimum atomic E-state index is -0.662. The minimum absolute atomic E-state index is 0.0361. The summed E-state index contributed by atoms with van der Waals surface area (Å²) in [7, 11) is 0. The van der Waals surface area contributed by atoms with E-state index in [1.807, 2.05) is 0 Å². The van der Waals surface area contributed by atoms with Crippen LogP contribution in [-0.2, 0) is 0 Å². The van der Waals surface area contributed by atoms with Crippen LogP contribution in [0.1, 0.15) is 11.1 Å². The Hall–Kier alpha value is -2.63. The lowest BCUT2D eigenvalue weighted by Crippen LogP contribution is -2.14. The van der Waals surface area contributed by atoms with E-state index in [9.17, 15) is 8.78 Å². The first kappa shape index (κ1) is 13.8. The van der Waals surface area contributed by atoms with Gasteiger partial charge in [0.25, 0.3) is 0 Å². The van der Waals surface area contributed by atoms with E-state index in [2.05, 4.69) is 5.16 Å². The molecule has 2 aromatic carbocycles. The van der Waals surface area contributed by atoms with Crippen LogP contribution in [0.3, 0.4) is 0 Å². The fourth-order valence-electron chi connectivity index (χ4n) is 1.72. The van der Waals surface area contributed by atoms with Crippen molar-refractivity contribution in [2.45, 2.75) is 6.92 Å². The number of nitrogens with two attached hydrogens (primary N) is 1. The molecule has 0 heterocycles. The number of aryl methyl sites for hydroxylation is 1. The van der Waals surface area contributed by atoms with Gasteiger partial charge < -0.3 is 15.7 Å². The first-order chi connectivity index (χ1) is 9.51. The molecule has 0 aliphatic rings. The number of amidine groups is 1. The van der Waals surface area contributed by atoms with Crippen LogP contribution in [0.5, 0.6) is 11.5 Å². The molecule has 6 heteroatoms. The van der Waals surface area contributed by atoms with Gasteiger partial charge in [-0.25, -0.2) is 8.78 Å². The van der Waals surface area contributed by atoms with Crippen LogP contribution < -0.4 is 10.5 Å². The van der Waals surface area contributed by atoms with Crippen LogP contribution >= 0.6 is 0 Å². The molecule has 0 unspecified atom stereocenters. The normalized spacial score (nSPS) is 11.4. The molecule has 20 heavy (non-hydrogen) atoms. The molecule has 0 radical (unpaired) electrons. The number of nitrogens with zero attached hydrogens (tertiary/aromatic N) is 1. The van der Waals surface area contributed by atoms with Crippen molar-refractivity contribution in [1.82, 2.24) is 0 Å². The van der Waals surface area contributed by atoms with Gasteiger partial charge in [-0.15, -0.1) is 0 Å². The number of hydrogen-bond acceptors (Lipinski definition) is 3. The number of rotatable bonds is 3. The van der Waals surface area contributed by atoms with Gasteiger partial charge in [-0.05, 0) is 42.8 Å². The molecule has 0 amide bonds. The largest absolute Gasteiger partial charge is 0.454 e. The Kier molecular flexibility index (Phi) is 3.84. The Bertz CT molecular complexity index is 672. The molecule has 0 fully saturated rings. The van der Waals surface area contributed by atoms with Gasteiger partial charge in [0.15, 0.2) is 17.4 Å². The van der Waals surface area contributed by atoms with E-state index in [1.165, 1.54) is 6.07 Å². The SMILES string of the molecule is Cc1cc(Oc2cc(F)ccc2F)ccc1/C(N)=N/O. The van der Waals surface area contributed by atoms with Crippen LogP contribution in [0.25, 0.3) is 0 Å². The van der Waals surface area contributed by atoms with E-state index < -0.39 is 11.6 Å². The Morgan fingerprint density at radius 1 is 1.20 bits per heavy atom. The topological polar surface area (TPSA) is 67.8 Å². The maximum atomic E-state index is 13.5. The van der Waals surface area contributed by atoms with E-state index in [-0.39, 0.29) is 11.6 Å². The summed E-state index contributed by atoms with van der Waals surface area (Å²) >= 11 is 0. The molecular formula is C14H12F2N2O2. The molecule has 0 atom stereocenters. The van der Waals surface area contributed by atoms with Crippen LogP contribution in [0.4, 0.5) is 8.78 Å². The predicted octanol–water partition coefficient (Wildman–Crippen LogP) is 3.16. The highest BCUT2D eigenvalue weighted by atomic mass is 19.1. The summed E-state index contributed by atoms with van der Waals surface area (Å²) in [4.78, 5) is 0. The number of ether oxygens (including phenoxy) is 1. The molecule has 0 saturated heterocycles. The van der Waals surface area contributed by atoms with E-state index in [0.29, 0.717) is 16.9 Å². The predicted molar refractivity (Wildman–Crippen MR) is 70.1 cm³/mol. The third kappa shape index (κ3) is 2.85. The summed E-state index contributed by atoms with van der Waals surface area (Å²) in [6.45, 7) is 1.72. The molecule has 0 aliphatic carbocycles. The molecule has 0 aliphatic heterocycles. The van der Waals surface area contributed by atoms with Gasteiger partial charge >= 0.3 is 0 Å². The molecule has 0 aromatic heterocycles. The van der Waals surface area contributed by atoms with Gasteiger partial charge in [0, 0.05) is 11.6 Å². The molecule has 2 aromatic rings. The Labute approximate surface area is 114 Å². The van der Waals surface area contributed by atoms with Gasteiger partial charge in [0.05, 0.1) is 0 Å². The fourth-order valence-corrected chi connectivity index (χ4v) is 1.72. The lowest BCUT2D eigenvalue weighted by Gasteiger charge is -2.10. The average molecular weight is 278 g/mol. The van der Waals surface area contributed by atoms with Crippen molar-refractivity contribution in [3.8, 4) is 11.5 Å². The van der Waals surface area contributed by atoms with Crippen molar-refractivity contribution in [3.05, 3.63) is 59.2 Å². The van der Waals surface area contributed by atoms with Gasteiger partial charge in [-0.2, -0.15) is 0 Å². The lowest BCUT2D eigenvalue weighted by atomic mass is 10.1. The fraction of sp³-hybridized carbons (Fsp3) is 0.0714. The Balaban J connectivity index is 2.31. The van der Waals surface area contributed by atoms with Gasteiger partial charge in [0.2, 0.25) is 0 Å². The van der Waals surface area contributed by atoms with Gasteiger partial charge in [-0.3, -0.25) is 0 Å². The molecule has 0 spiro atoms. The summed E-state index contributed by atoms with van der Waals surface area (Å²) in [6.07, 6.45) is 0. The minimum Gasteiger partial charge on any atom is -0.454 e. The second kappa shape index (κ2) is 5.56. The van der Waals surface area contributed by atoms with Crippen molar-refractivity contribution in [1.29, 1.82) is 0 Å². The highest BCUT2D eigenvalue weighted by Gasteiger charge is 2.09. The first-order valence-corrected chi connectivity index (χ1v) is 5.72. The molecule has 3 N–H and O–H groups in total. The number of benzene rings is 2. The zero-order valence-corrected chi connectivity index (χ0v) is 10.6. The second-order valence-corrected chi connectivity index (χ2v) is 4.14. The number of hydrogen-bond donors (Lipinski definition) is 2. The molecular weight excluding hydrogens is 266 g/mol. The molecule has 4 nitrogen and oxygen atoms in total. The van der Waals surface area contributed by atoms with Crippen molar-refractivity contribution >= 4 is 5.84 Å². The van der Waals surface area contributed by atoms with E-state index >= 15 is 0 Å². The molecule has 0 saturated carbocycles. The average Bonchev–Trinajstić information content (AvgIpc) is 2.42. The number of oxime groups is 1. The molecule has 2 rings (SSSR count). The first-order valence-electron chi connectivity index (χ1n) is 5.72. The highest BCUT2D eigenvalue weighted by Crippen LogP contribution is 2.26. The van der Waals surface area contributed by atoms with Crippen molar-refractivity contribution in [3.63, 3.8) is 0 Å². The summed E-state index contributed by atoms with van der Waals surface area (Å²) in [6, 6.07) is 7.62. The van der Waals surface area contributed by atoms with Crippen molar-refractivity contribution in [2.24, 2.45) is 10.9 Å². The van der Waals surface area contributed by atoms with E-state index in [4.69, 9.17) is 15.7 Å². The summed E-state index contributed by atoms with van der Waals surface area (Å²) in [5.74, 6) is -1.18. The third-order valence-corrected chi connectivity index (χ3v) is 2.70. The Morgan fingerprint density at radius 2 is 1.95 bits per heavy atom. The summed E-state index contributed by atoms with van der Waals surface area (Å²) in [5, 5.41) is 11.5. The van der Waals surface area contributed by atoms with E-state index in [0.717, 1.165) is 18.2 Å².